The summed E-state index contributed by atoms with van der Waals surface area (Å²) in [5, 5.41) is 24.5. The molecule has 1 saturated heterocycles. The van der Waals surface area contributed by atoms with Crippen molar-refractivity contribution in [2.24, 2.45) is 4.99 Å². The van der Waals surface area contributed by atoms with Crippen molar-refractivity contribution in [2.45, 2.75) is 82.6 Å². The molecule has 1 aromatic heterocycles. The number of amides is 6. The van der Waals surface area contributed by atoms with Gasteiger partial charge in [-0.1, -0.05) is 152 Å². The quantitative estimate of drug-likeness (QED) is 0.0194. The summed E-state index contributed by atoms with van der Waals surface area (Å²) in [5.74, 6) is -1.70. The molecule has 5 N–H and O–H groups in total. The standard InChI is InChI=1S/C57H62N8O10S/c1-64(57(72)75-38-44-27-15-6-16-28-44)48(35-41-21-9-3-10-22-41)53(69)65-34-18-30-47(65)51(68)60-45(49(66)52-61-46(39-76-52)50(67)58-33-31-40-19-7-2-8-20-40)29-17-32-59-54(62-55(70)73-36-42-23-11-4-12-24-42)63-56(71)74-37-43-25-13-5-14-26-43/h2-16,19-28,39,45,47-49,66H,17-18,29-38H2,1H3,(H,58,67)(H,60,68)(H2,59,62,63,70,71)/t45-,47-,48+,49?/m0/s1. The van der Waals surface area contributed by atoms with Crippen LogP contribution in [0.1, 0.15) is 75.1 Å². The number of hydrogen-bond donors (Lipinski definition) is 5. The number of aromatic nitrogens is 1. The highest BCUT2D eigenvalue weighted by molar-refractivity contribution is 7.09. The van der Waals surface area contributed by atoms with Gasteiger partial charge in [-0.25, -0.2) is 19.4 Å². The first kappa shape index (κ1) is 55.3. The highest BCUT2D eigenvalue weighted by Gasteiger charge is 2.41. The zero-order chi connectivity index (χ0) is 53.5. The molecule has 6 amide bonds. The van der Waals surface area contributed by atoms with Crippen LogP contribution >= 0.6 is 11.3 Å². The molecule has 1 unspecified atom stereocenters. The monoisotopic (exact) mass is 1050 g/mol. The van der Waals surface area contributed by atoms with Gasteiger partial charge in [-0.2, -0.15) is 0 Å². The minimum Gasteiger partial charge on any atom is -0.445 e. The van der Waals surface area contributed by atoms with Crippen molar-refractivity contribution in [2.75, 3.05) is 26.7 Å². The van der Waals surface area contributed by atoms with Crippen LogP contribution in [-0.2, 0) is 56.5 Å². The lowest BCUT2D eigenvalue weighted by atomic mass is 10.0. The number of carbonyl (C=O) groups excluding carboxylic acids is 6. The molecule has 4 atom stereocenters. The largest absolute Gasteiger partial charge is 0.445 e. The summed E-state index contributed by atoms with van der Waals surface area (Å²) >= 11 is 1.05. The average Bonchev–Trinajstić information content (AvgIpc) is 4.17. The molecule has 6 aromatic rings. The number of likely N-dealkylation sites (tertiary alicyclic amines) is 1. The number of nitrogens with one attached hydrogen (secondary N) is 4. The molecule has 1 aliphatic heterocycles. The van der Waals surface area contributed by atoms with Gasteiger partial charge in [0.2, 0.25) is 17.8 Å². The number of rotatable bonds is 22. The predicted molar refractivity (Wildman–Crippen MR) is 286 cm³/mol. The molecule has 19 heteroatoms. The van der Waals surface area contributed by atoms with Crippen molar-refractivity contribution in [3.63, 3.8) is 0 Å². The summed E-state index contributed by atoms with van der Waals surface area (Å²) in [4.78, 5) is 93.7. The summed E-state index contributed by atoms with van der Waals surface area (Å²) in [6, 6.07) is 43.1. The van der Waals surface area contributed by atoms with Crippen molar-refractivity contribution < 1.29 is 48.1 Å². The second-order valence-corrected chi connectivity index (χ2v) is 18.8. The first-order valence-electron chi connectivity index (χ1n) is 25.0. The summed E-state index contributed by atoms with van der Waals surface area (Å²) in [7, 11) is 1.50. The number of benzene rings is 5. The second-order valence-electron chi connectivity index (χ2n) is 17.9. The third-order valence-electron chi connectivity index (χ3n) is 12.4. The number of likely N-dealkylation sites (N-methyl/N-ethyl adjacent to an activating group) is 1. The van der Waals surface area contributed by atoms with E-state index in [0.29, 0.717) is 25.8 Å². The van der Waals surface area contributed by atoms with Gasteiger partial charge < -0.3 is 34.9 Å². The van der Waals surface area contributed by atoms with Crippen LogP contribution in [0.4, 0.5) is 14.4 Å². The molecular formula is C57H62N8O10S. The van der Waals surface area contributed by atoms with Crippen LogP contribution < -0.4 is 21.3 Å². The van der Waals surface area contributed by atoms with Crippen molar-refractivity contribution in [1.29, 1.82) is 0 Å². The van der Waals surface area contributed by atoms with E-state index >= 15 is 0 Å². The Morgan fingerprint density at radius 1 is 0.724 bits per heavy atom. The van der Waals surface area contributed by atoms with E-state index in [4.69, 9.17) is 14.2 Å². The van der Waals surface area contributed by atoms with Crippen LogP contribution in [-0.4, -0.2) is 107 Å². The Balaban J connectivity index is 1.07. The summed E-state index contributed by atoms with van der Waals surface area (Å²) in [6.07, 6.45) is -2.14. The minimum atomic E-state index is -1.43. The van der Waals surface area contributed by atoms with E-state index in [9.17, 15) is 33.9 Å². The van der Waals surface area contributed by atoms with Crippen LogP contribution in [0.3, 0.4) is 0 Å². The highest BCUT2D eigenvalue weighted by Crippen LogP contribution is 2.27. The molecule has 1 fully saturated rings. The van der Waals surface area contributed by atoms with Crippen molar-refractivity contribution in [3.05, 3.63) is 196 Å². The number of alkyl carbamates (subject to hydrolysis) is 2. The first-order valence-corrected chi connectivity index (χ1v) is 25.9. The van der Waals surface area contributed by atoms with Gasteiger partial charge in [-0.05, 0) is 59.9 Å². The fraction of sp³-hybridized carbons (Fsp3) is 0.298. The number of nitrogens with zero attached hydrogens (tertiary/aromatic N) is 4. The molecule has 0 radical (unpaired) electrons. The Morgan fingerprint density at radius 2 is 1.24 bits per heavy atom. The molecular weight excluding hydrogens is 989 g/mol. The lowest BCUT2D eigenvalue weighted by Gasteiger charge is -2.33. The topological polar surface area (TPSA) is 230 Å². The number of aliphatic hydroxyl groups excluding tert-OH is 1. The Labute approximate surface area is 445 Å². The van der Waals surface area contributed by atoms with E-state index in [-0.39, 0.29) is 68.8 Å². The maximum atomic E-state index is 14.7. The molecule has 0 spiro atoms. The lowest BCUT2D eigenvalue weighted by Crippen LogP contribution is -2.56. The number of guanidine groups is 1. The number of carbonyl (C=O) groups is 6. The molecule has 76 heavy (non-hydrogen) atoms. The van der Waals surface area contributed by atoms with E-state index < -0.39 is 60.2 Å². The summed E-state index contributed by atoms with van der Waals surface area (Å²) in [5.41, 5.74) is 4.18. The third-order valence-corrected chi connectivity index (χ3v) is 13.3. The van der Waals surface area contributed by atoms with Crippen molar-refractivity contribution >= 4 is 53.3 Å². The van der Waals surface area contributed by atoms with Gasteiger partial charge in [-0.15, -0.1) is 11.3 Å². The zero-order valence-electron chi connectivity index (χ0n) is 42.1. The maximum Gasteiger partial charge on any atom is 0.414 e. The van der Waals surface area contributed by atoms with Gasteiger partial charge in [0, 0.05) is 38.5 Å². The Bertz CT molecular complexity index is 2790. The van der Waals surface area contributed by atoms with E-state index in [1.807, 2.05) is 103 Å². The van der Waals surface area contributed by atoms with Crippen LogP contribution in [0, 0.1) is 0 Å². The SMILES string of the molecule is CN(C(=O)OCc1ccccc1)[C@H](Cc1ccccc1)C(=O)N1CCC[C@H]1C(=O)N[C@@H](CCCN=C(NC(=O)OCc1ccccc1)NC(=O)OCc1ccccc1)C(O)c1nc(C(=O)NCCc2ccccc2)cs1. The molecule has 7 rings (SSSR count). The summed E-state index contributed by atoms with van der Waals surface area (Å²) < 4.78 is 16.4. The van der Waals surface area contributed by atoms with Crippen molar-refractivity contribution in [1.82, 2.24) is 36.1 Å². The van der Waals surface area contributed by atoms with Gasteiger partial charge in [0.25, 0.3) is 5.91 Å². The Morgan fingerprint density at radius 3 is 1.79 bits per heavy atom. The Kier molecular flexibility index (Phi) is 21.0. The molecule has 396 valence electrons. The van der Waals surface area contributed by atoms with Crippen LogP contribution in [0.2, 0.25) is 0 Å². The normalized spacial score (nSPS) is 14.0. The van der Waals surface area contributed by atoms with Gasteiger partial charge >= 0.3 is 18.3 Å². The molecule has 0 saturated carbocycles. The second kappa shape index (κ2) is 28.9. The maximum absolute atomic E-state index is 14.7. The average molecular weight is 1050 g/mol. The van der Waals surface area contributed by atoms with Crippen LogP contribution in [0.15, 0.2) is 162 Å². The van der Waals surface area contributed by atoms with Crippen LogP contribution in [0.25, 0.3) is 0 Å². The molecule has 0 aliphatic carbocycles. The Hall–Kier alpha value is -8.42. The van der Waals surface area contributed by atoms with E-state index in [1.54, 1.807) is 48.5 Å². The summed E-state index contributed by atoms with van der Waals surface area (Å²) in [6.45, 7) is 0.433. The van der Waals surface area contributed by atoms with Crippen molar-refractivity contribution in [3.8, 4) is 0 Å². The number of ether oxygens (including phenoxy) is 3. The van der Waals surface area contributed by atoms with Crippen LogP contribution in [0.5, 0.6) is 0 Å². The molecule has 1 aliphatic rings. The molecule has 0 bridgehead atoms. The zero-order valence-corrected chi connectivity index (χ0v) is 42.9. The molecule has 5 aromatic carbocycles. The fourth-order valence-electron chi connectivity index (χ4n) is 8.34. The fourth-order valence-corrected chi connectivity index (χ4v) is 9.18. The van der Waals surface area contributed by atoms with Gasteiger partial charge in [-0.3, -0.25) is 34.9 Å². The number of aliphatic hydroxyl groups is 1. The minimum absolute atomic E-state index is 0.00349. The van der Waals surface area contributed by atoms with E-state index in [2.05, 4.69) is 31.2 Å². The van der Waals surface area contributed by atoms with E-state index in [0.717, 1.165) is 39.2 Å². The lowest BCUT2D eigenvalue weighted by molar-refractivity contribution is -0.142. The smallest absolute Gasteiger partial charge is 0.414 e. The number of aliphatic imine (C=N–C) groups is 1. The number of thiazole rings is 1. The van der Waals surface area contributed by atoms with E-state index in [1.165, 1.54) is 22.2 Å². The van der Waals surface area contributed by atoms with Gasteiger partial charge in [0.05, 0.1) is 6.04 Å². The molecule has 18 nitrogen and oxygen atoms in total. The van der Waals surface area contributed by atoms with Gasteiger partial charge in [0.1, 0.15) is 48.7 Å². The number of hydrogen-bond acceptors (Lipinski definition) is 13. The highest BCUT2D eigenvalue weighted by atomic mass is 32.1. The molecule has 2 heterocycles. The first-order chi connectivity index (χ1) is 37.0. The van der Waals surface area contributed by atoms with Gasteiger partial charge in [0.15, 0.2) is 0 Å². The third kappa shape index (κ3) is 17.1. The predicted octanol–water partition coefficient (Wildman–Crippen LogP) is 7.49.